The molecule has 3 aromatic carbocycles. The number of anilines is 2. The predicted octanol–water partition coefficient (Wildman–Crippen LogP) is 5.88. The molecule has 0 unspecified atom stereocenters. The highest BCUT2D eigenvalue weighted by Gasteiger charge is 2.12. The van der Waals surface area contributed by atoms with Crippen LogP contribution in [0.5, 0.6) is 0 Å². The molecule has 0 aliphatic rings. The minimum atomic E-state index is -0.400. The van der Waals surface area contributed by atoms with E-state index >= 15 is 0 Å². The number of carbonyl (C=O) groups is 1. The Morgan fingerprint density at radius 3 is 2.19 bits per heavy atom. The van der Waals surface area contributed by atoms with Crippen LogP contribution < -0.4 is 10.2 Å². The van der Waals surface area contributed by atoms with Crippen LogP contribution in [-0.2, 0) is 11.3 Å². The Hall–Kier alpha value is -3.84. The van der Waals surface area contributed by atoms with Gasteiger partial charge in [-0.05, 0) is 61.2 Å². The zero-order valence-corrected chi connectivity index (χ0v) is 18.2. The molecule has 156 valence electrons. The highest BCUT2D eigenvalue weighted by molar-refractivity contribution is 6.10. The fraction of sp³-hybridized carbons (Fsp3) is 0.185. The number of nitriles is 1. The number of rotatable bonds is 7. The van der Waals surface area contributed by atoms with Gasteiger partial charge >= 0.3 is 0 Å². The standard InChI is InChI=1S/C27H27N3O/c1-4-30(19-23-11-6-5-7-12-23)25-15-13-22(14-16-25)17-24(18-28)27(31)29-26-20(2)9-8-10-21(26)3/h5-17H,4,19H2,1-3H3,(H,29,31)/b24-17+. The molecule has 0 atom stereocenters. The van der Waals surface area contributed by atoms with Crippen molar-refractivity contribution < 1.29 is 4.79 Å². The monoisotopic (exact) mass is 409 g/mol. The Balaban J connectivity index is 1.75. The molecule has 1 N–H and O–H groups in total. The minimum Gasteiger partial charge on any atom is -0.367 e. The number of amides is 1. The van der Waals surface area contributed by atoms with Crippen LogP contribution in [0.2, 0.25) is 0 Å². The third-order valence-corrected chi connectivity index (χ3v) is 5.25. The van der Waals surface area contributed by atoms with Crippen LogP contribution in [0.15, 0.2) is 78.4 Å². The molecule has 0 aliphatic heterocycles. The second-order valence-electron chi connectivity index (χ2n) is 7.48. The van der Waals surface area contributed by atoms with Crippen molar-refractivity contribution in [1.82, 2.24) is 0 Å². The first-order chi connectivity index (χ1) is 15.0. The summed E-state index contributed by atoms with van der Waals surface area (Å²) in [6.45, 7) is 7.71. The SMILES string of the molecule is CCN(Cc1ccccc1)c1ccc(/C=C(\C#N)C(=O)Nc2c(C)cccc2C)cc1. The van der Waals surface area contributed by atoms with E-state index in [9.17, 15) is 10.1 Å². The third kappa shape index (κ3) is 5.61. The summed E-state index contributed by atoms with van der Waals surface area (Å²) in [5, 5.41) is 12.4. The van der Waals surface area contributed by atoms with E-state index in [1.165, 1.54) is 5.56 Å². The molecule has 0 radical (unpaired) electrons. The van der Waals surface area contributed by atoms with Gasteiger partial charge in [0.25, 0.3) is 5.91 Å². The summed E-state index contributed by atoms with van der Waals surface area (Å²) in [7, 11) is 0. The Kier molecular flexibility index (Phi) is 7.24. The van der Waals surface area contributed by atoms with Gasteiger partial charge in [-0.1, -0.05) is 60.7 Å². The van der Waals surface area contributed by atoms with Crippen LogP contribution in [0.3, 0.4) is 0 Å². The highest BCUT2D eigenvalue weighted by Crippen LogP contribution is 2.22. The van der Waals surface area contributed by atoms with E-state index in [2.05, 4.69) is 29.3 Å². The number of hydrogen-bond acceptors (Lipinski definition) is 3. The van der Waals surface area contributed by atoms with E-state index in [0.29, 0.717) is 0 Å². The van der Waals surface area contributed by atoms with Crippen LogP contribution >= 0.6 is 0 Å². The predicted molar refractivity (Wildman–Crippen MR) is 128 cm³/mol. The van der Waals surface area contributed by atoms with Gasteiger partial charge in [0.1, 0.15) is 11.6 Å². The molecule has 4 nitrogen and oxygen atoms in total. The lowest BCUT2D eigenvalue weighted by molar-refractivity contribution is -0.112. The normalized spacial score (nSPS) is 11.0. The largest absolute Gasteiger partial charge is 0.367 e. The molecule has 4 heteroatoms. The molecule has 31 heavy (non-hydrogen) atoms. The molecule has 0 spiro atoms. The summed E-state index contributed by atoms with van der Waals surface area (Å²) >= 11 is 0. The van der Waals surface area contributed by atoms with Gasteiger partial charge in [-0.3, -0.25) is 4.79 Å². The number of carbonyl (C=O) groups excluding carboxylic acids is 1. The van der Waals surface area contributed by atoms with Gasteiger partial charge in [0, 0.05) is 24.5 Å². The summed E-state index contributed by atoms with van der Waals surface area (Å²) < 4.78 is 0. The van der Waals surface area contributed by atoms with Crippen molar-refractivity contribution in [2.45, 2.75) is 27.3 Å². The Morgan fingerprint density at radius 1 is 0.968 bits per heavy atom. The highest BCUT2D eigenvalue weighted by atomic mass is 16.1. The number of benzene rings is 3. The fourth-order valence-electron chi connectivity index (χ4n) is 3.48. The maximum Gasteiger partial charge on any atom is 0.266 e. The lowest BCUT2D eigenvalue weighted by atomic mass is 10.1. The molecule has 0 bridgehead atoms. The number of nitrogens with one attached hydrogen (secondary N) is 1. The first kappa shape index (κ1) is 21.9. The molecule has 0 aromatic heterocycles. The molecule has 0 saturated heterocycles. The zero-order chi connectivity index (χ0) is 22.2. The van der Waals surface area contributed by atoms with Gasteiger partial charge in [-0.2, -0.15) is 5.26 Å². The van der Waals surface area contributed by atoms with E-state index in [4.69, 9.17) is 0 Å². The lowest BCUT2D eigenvalue weighted by Crippen LogP contribution is -2.21. The average Bonchev–Trinajstić information content (AvgIpc) is 2.79. The van der Waals surface area contributed by atoms with Gasteiger partial charge < -0.3 is 10.2 Å². The average molecular weight is 410 g/mol. The van der Waals surface area contributed by atoms with Crippen molar-refractivity contribution in [3.8, 4) is 6.07 Å². The molecular weight excluding hydrogens is 382 g/mol. The second-order valence-corrected chi connectivity index (χ2v) is 7.48. The number of nitrogens with zero attached hydrogens (tertiary/aromatic N) is 2. The summed E-state index contributed by atoms with van der Waals surface area (Å²) in [4.78, 5) is 14.9. The smallest absolute Gasteiger partial charge is 0.266 e. The zero-order valence-electron chi connectivity index (χ0n) is 18.2. The van der Waals surface area contributed by atoms with Gasteiger partial charge in [0.05, 0.1) is 0 Å². The fourth-order valence-corrected chi connectivity index (χ4v) is 3.48. The van der Waals surface area contributed by atoms with Crippen LogP contribution in [0.1, 0.15) is 29.2 Å². The van der Waals surface area contributed by atoms with E-state index in [0.717, 1.165) is 41.2 Å². The molecule has 0 aliphatic carbocycles. The van der Waals surface area contributed by atoms with Gasteiger partial charge in [0.15, 0.2) is 0 Å². The molecule has 1 amide bonds. The topological polar surface area (TPSA) is 56.1 Å². The van der Waals surface area contributed by atoms with E-state index in [1.54, 1.807) is 6.08 Å². The van der Waals surface area contributed by atoms with Gasteiger partial charge in [-0.25, -0.2) is 0 Å². The minimum absolute atomic E-state index is 0.0760. The van der Waals surface area contributed by atoms with E-state index in [1.807, 2.05) is 80.6 Å². The van der Waals surface area contributed by atoms with Gasteiger partial charge in [0.2, 0.25) is 0 Å². The number of hydrogen-bond donors (Lipinski definition) is 1. The van der Waals surface area contributed by atoms with Crippen molar-refractivity contribution in [2.75, 3.05) is 16.8 Å². The Bertz CT molecular complexity index is 1090. The Morgan fingerprint density at radius 2 is 1.61 bits per heavy atom. The number of aryl methyl sites for hydroxylation is 2. The quantitative estimate of drug-likeness (QED) is 0.392. The molecular formula is C27H27N3O. The summed E-state index contributed by atoms with van der Waals surface area (Å²) in [6, 6.07) is 26.1. The third-order valence-electron chi connectivity index (χ3n) is 5.25. The van der Waals surface area contributed by atoms with E-state index in [-0.39, 0.29) is 5.57 Å². The Labute approximate surface area is 184 Å². The maximum absolute atomic E-state index is 12.7. The molecule has 3 aromatic rings. The van der Waals surface area contributed by atoms with Crippen LogP contribution in [0.25, 0.3) is 6.08 Å². The summed E-state index contributed by atoms with van der Waals surface area (Å²) in [6.07, 6.45) is 1.63. The molecule has 3 rings (SSSR count). The first-order valence-electron chi connectivity index (χ1n) is 10.4. The summed E-state index contributed by atoms with van der Waals surface area (Å²) in [5.41, 5.74) is 5.93. The number of para-hydroxylation sites is 1. The van der Waals surface area contributed by atoms with E-state index < -0.39 is 5.91 Å². The van der Waals surface area contributed by atoms with Crippen LogP contribution in [0.4, 0.5) is 11.4 Å². The lowest BCUT2D eigenvalue weighted by Gasteiger charge is -2.23. The molecule has 0 heterocycles. The van der Waals surface area contributed by atoms with Crippen molar-refractivity contribution >= 4 is 23.4 Å². The van der Waals surface area contributed by atoms with Crippen LogP contribution in [-0.4, -0.2) is 12.5 Å². The molecule has 0 saturated carbocycles. The van der Waals surface area contributed by atoms with Crippen molar-refractivity contribution in [3.63, 3.8) is 0 Å². The molecule has 0 fully saturated rings. The van der Waals surface area contributed by atoms with Crippen molar-refractivity contribution in [2.24, 2.45) is 0 Å². The summed E-state index contributed by atoms with van der Waals surface area (Å²) in [5.74, 6) is -0.400. The van der Waals surface area contributed by atoms with Crippen LogP contribution in [0, 0.1) is 25.2 Å². The second kappa shape index (κ2) is 10.3. The first-order valence-corrected chi connectivity index (χ1v) is 10.4. The maximum atomic E-state index is 12.7. The van der Waals surface area contributed by atoms with Gasteiger partial charge in [-0.15, -0.1) is 0 Å². The van der Waals surface area contributed by atoms with Crippen molar-refractivity contribution in [1.29, 1.82) is 5.26 Å². The van der Waals surface area contributed by atoms with Crippen molar-refractivity contribution in [3.05, 3.63) is 101 Å².